The second-order valence-electron chi connectivity index (χ2n) is 3.87. The number of nitrogens with one attached hydrogen (secondary N) is 1. The van der Waals surface area contributed by atoms with Gasteiger partial charge in [-0.15, -0.1) is 11.3 Å². The fraction of sp³-hybridized carbons (Fsp3) is 0.0769. The molecule has 5 heteroatoms. The lowest BCUT2D eigenvalue weighted by Crippen LogP contribution is -2.22. The molecule has 3 aromatic rings. The number of pyridine rings is 1. The Labute approximate surface area is 108 Å². The highest BCUT2D eigenvalue weighted by atomic mass is 32.1. The maximum Gasteiger partial charge on any atom is 0.253 e. The summed E-state index contributed by atoms with van der Waals surface area (Å²) in [5, 5.41) is 4.90. The molecule has 0 spiro atoms. The summed E-state index contributed by atoms with van der Waals surface area (Å²) in [5.74, 6) is -0.0704. The van der Waals surface area contributed by atoms with Gasteiger partial charge in [-0.25, -0.2) is 4.98 Å². The van der Waals surface area contributed by atoms with Crippen LogP contribution in [0.4, 0.5) is 0 Å². The molecule has 4 nitrogen and oxygen atoms in total. The van der Waals surface area contributed by atoms with E-state index in [-0.39, 0.29) is 5.91 Å². The fourth-order valence-corrected chi connectivity index (χ4v) is 2.38. The highest BCUT2D eigenvalue weighted by Crippen LogP contribution is 2.09. The van der Waals surface area contributed by atoms with Crippen LogP contribution in [0.25, 0.3) is 5.65 Å². The topological polar surface area (TPSA) is 46.4 Å². The van der Waals surface area contributed by atoms with Gasteiger partial charge in [0.25, 0.3) is 5.91 Å². The van der Waals surface area contributed by atoms with Gasteiger partial charge in [-0.3, -0.25) is 4.79 Å². The van der Waals surface area contributed by atoms with Crippen LogP contribution in [0.1, 0.15) is 15.2 Å². The first-order valence-corrected chi connectivity index (χ1v) is 6.44. The molecular formula is C13H11N3OS. The van der Waals surface area contributed by atoms with Crippen LogP contribution in [-0.2, 0) is 6.54 Å². The van der Waals surface area contributed by atoms with Gasteiger partial charge in [0.1, 0.15) is 5.65 Å². The van der Waals surface area contributed by atoms with E-state index in [0.717, 1.165) is 10.5 Å². The minimum Gasteiger partial charge on any atom is -0.347 e. The molecule has 0 radical (unpaired) electrons. The van der Waals surface area contributed by atoms with Crippen molar-refractivity contribution in [2.45, 2.75) is 6.54 Å². The molecule has 0 bridgehead atoms. The molecule has 3 rings (SSSR count). The van der Waals surface area contributed by atoms with Crippen molar-refractivity contribution in [1.82, 2.24) is 14.7 Å². The Morgan fingerprint density at radius 1 is 1.39 bits per heavy atom. The van der Waals surface area contributed by atoms with Gasteiger partial charge in [-0.1, -0.05) is 6.07 Å². The minimum atomic E-state index is -0.0704. The molecule has 0 aliphatic rings. The van der Waals surface area contributed by atoms with E-state index < -0.39 is 0 Å². The Bertz CT molecular complexity index is 672. The number of carbonyl (C=O) groups is 1. The minimum absolute atomic E-state index is 0.0704. The second-order valence-corrected chi connectivity index (χ2v) is 4.90. The molecule has 0 aromatic carbocycles. The standard InChI is InChI=1S/C13H11N3OS/c17-13(15-8-11-2-1-7-18-11)10-3-4-12-14-5-6-16(12)9-10/h1-7,9H,8H2,(H,15,17). The number of fused-ring (bicyclic) bond motifs is 1. The van der Waals surface area contributed by atoms with Gasteiger partial charge in [-0.2, -0.15) is 0 Å². The van der Waals surface area contributed by atoms with Crippen molar-refractivity contribution in [3.05, 3.63) is 58.7 Å². The smallest absolute Gasteiger partial charge is 0.253 e. The molecule has 0 saturated heterocycles. The number of aromatic nitrogens is 2. The summed E-state index contributed by atoms with van der Waals surface area (Å²) in [4.78, 5) is 17.2. The highest BCUT2D eigenvalue weighted by Gasteiger charge is 2.06. The van der Waals surface area contributed by atoms with Crippen LogP contribution in [0.5, 0.6) is 0 Å². The fourth-order valence-electron chi connectivity index (χ4n) is 1.74. The average Bonchev–Trinajstić information content (AvgIpc) is 3.05. The average molecular weight is 257 g/mol. The van der Waals surface area contributed by atoms with E-state index in [1.54, 1.807) is 29.8 Å². The van der Waals surface area contributed by atoms with Gasteiger partial charge < -0.3 is 9.72 Å². The number of amides is 1. The molecule has 0 fully saturated rings. The highest BCUT2D eigenvalue weighted by molar-refractivity contribution is 7.09. The van der Waals surface area contributed by atoms with Gasteiger partial charge in [0, 0.05) is 23.5 Å². The molecular weight excluding hydrogens is 246 g/mol. The number of nitrogens with zero attached hydrogens (tertiary/aromatic N) is 2. The van der Waals surface area contributed by atoms with Crippen molar-refractivity contribution in [3.63, 3.8) is 0 Å². The van der Waals surface area contributed by atoms with E-state index in [0.29, 0.717) is 12.1 Å². The third kappa shape index (κ3) is 2.12. The largest absolute Gasteiger partial charge is 0.347 e. The maximum absolute atomic E-state index is 12.0. The summed E-state index contributed by atoms with van der Waals surface area (Å²) < 4.78 is 1.83. The molecule has 0 unspecified atom stereocenters. The molecule has 1 N–H and O–H groups in total. The Morgan fingerprint density at radius 3 is 3.17 bits per heavy atom. The number of rotatable bonds is 3. The van der Waals surface area contributed by atoms with Crippen molar-refractivity contribution in [2.24, 2.45) is 0 Å². The number of hydrogen-bond acceptors (Lipinski definition) is 3. The van der Waals surface area contributed by atoms with Gasteiger partial charge in [-0.05, 0) is 23.6 Å². The van der Waals surface area contributed by atoms with Crippen molar-refractivity contribution in [2.75, 3.05) is 0 Å². The van der Waals surface area contributed by atoms with Crippen molar-refractivity contribution < 1.29 is 4.79 Å². The van der Waals surface area contributed by atoms with Gasteiger partial charge in [0.05, 0.1) is 12.1 Å². The van der Waals surface area contributed by atoms with Crippen LogP contribution >= 0.6 is 11.3 Å². The van der Waals surface area contributed by atoms with Crippen LogP contribution in [0, 0.1) is 0 Å². The van der Waals surface area contributed by atoms with Gasteiger partial charge >= 0.3 is 0 Å². The Hall–Kier alpha value is -2.14. The summed E-state index contributed by atoms with van der Waals surface area (Å²) in [6.45, 7) is 0.568. The number of hydrogen-bond donors (Lipinski definition) is 1. The molecule has 3 heterocycles. The first-order chi connectivity index (χ1) is 8.83. The van der Waals surface area contributed by atoms with Crippen molar-refractivity contribution in [3.8, 4) is 0 Å². The van der Waals surface area contributed by atoms with E-state index in [4.69, 9.17) is 0 Å². The monoisotopic (exact) mass is 257 g/mol. The molecule has 0 atom stereocenters. The molecule has 18 heavy (non-hydrogen) atoms. The van der Waals surface area contributed by atoms with E-state index >= 15 is 0 Å². The van der Waals surface area contributed by atoms with Crippen LogP contribution in [0.3, 0.4) is 0 Å². The quantitative estimate of drug-likeness (QED) is 0.782. The van der Waals surface area contributed by atoms with Crippen LogP contribution in [0.15, 0.2) is 48.2 Å². The van der Waals surface area contributed by atoms with Crippen LogP contribution in [-0.4, -0.2) is 15.3 Å². The van der Waals surface area contributed by atoms with Crippen molar-refractivity contribution in [1.29, 1.82) is 0 Å². The zero-order valence-electron chi connectivity index (χ0n) is 9.54. The molecule has 90 valence electrons. The predicted molar refractivity (Wildman–Crippen MR) is 70.7 cm³/mol. The van der Waals surface area contributed by atoms with E-state index in [1.807, 2.05) is 34.2 Å². The Morgan fingerprint density at radius 2 is 2.33 bits per heavy atom. The van der Waals surface area contributed by atoms with Gasteiger partial charge in [0.2, 0.25) is 0 Å². The lowest BCUT2D eigenvalue weighted by molar-refractivity contribution is 0.0951. The summed E-state index contributed by atoms with van der Waals surface area (Å²) in [6, 6.07) is 7.60. The molecule has 0 aliphatic carbocycles. The third-order valence-corrected chi connectivity index (χ3v) is 3.53. The lowest BCUT2D eigenvalue weighted by atomic mass is 10.2. The first-order valence-electron chi connectivity index (χ1n) is 5.56. The number of carbonyl (C=O) groups excluding carboxylic acids is 1. The third-order valence-electron chi connectivity index (χ3n) is 2.65. The second kappa shape index (κ2) is 4.62. The predicted octanol–water partition coefficient (Wildman–Crippen LogP) is 2.33. The van der Waals surface area contributed by atoms with Crippen LogP contribution in [0.2, 0.25) is 0 Å². The maximum atomic E-state index is 12.0. The summed E-state index contributed by atoms with van der Waals surface area (Å²) in [7, 11) is 0. The molecule has 1 amide bonds. The SMILES string of the molecule is O=C(NCc1cccs1)c1ccc2nccn2c1. The number of imidazole rings is 1. The number of thiophene rings is 1. The Balaban J connectivity index is 1.75. The normalized spacial score (nSPS) is 10.7. The summed E-state index contributed by atoms with van der Waals surface area (Å²) in [6.07, 6.45) is 5.32. The zero-order chi connectivity index (χ0) is 12.4. The van der Waals surface area contributed by atoms with Crippen LogP contribution < -0.4 is 5.32 Å². The van der Waals surface area contributed by atoms with Gasteiger partial charge in [0.15, 0.2) is 0 Å². The lowest BCUT2D eigenvalue weighted by Gasteiger charge is -2.04. The molecule has 0 aliphatic heterocycles. The Kier molecular flexibility index (Phi) is 2.82. The zero-order valence-corrected chi connectivity index (χ0v) is 10.4. The van der Waals surface area contributed by atoms with Crippen molar-refractivity contribution >= 4 is 22.9 Å². The molecule has 3 aromatic heterocycles. The molecule has 0 saturated carbocycles. The first kappa shape index (κ1) is 11.0. The van der Waals surface area contributed by atoms with E-state index in [9.17, 15) is 4.79 Å². The van der Waals surface area contributed by atoms with E-state index in [1.165, 1.54) is 0 Å². The van der Waals surface area contributed by atoms with E-state index in [2.05, 4.69) is 10.3 Å². The summed E-state index contributed by atoms with van der Waals surface area (Å²) >= 11 is 1.63. The summed E-state index contributed by atoms with van der Waals surface area (Å²) in [5.41, 5.74) is 1.47.